The van der Waals surface area contributed by atoms with Gasteiger partial charge in [0.25, 0.3) is 10.0 Å². The Balaban J connectivity index is 2.18. The van der Waals surface area contributed by atoms with Crippen LogP contribution < -0.4 is 28.6 Å². The van der Waals surface area contributed by atoms with Crippen LogP contribution in [0, 0.1) is 5.92 Å². The molecule has 0 radical (unpaired) electrons. The zero-order valence-corrected chi connectivity index (χ0v) is 29.1. The molecule has 1 N–H and O–H groups in total. The molecule has 0 saturated heterocycles. The molecule has 0 spiro atoms. The van der Waals surface area contributed by atoms with Crippen LogP contribution in [0.3, 0.4) is 0 Å². The summed E-state index contributed by atoms with van der Waals surface area (Å²) in [7, 11) is 1.14. The fourth-order valence-corrected chi connectivity index (χ4v) is 6.38. The first-order valence-electron chi connectivity index (χ1n) is 14.2. The lowest BCUT2D eigenvalue weighted by Crippen LogP contribution is -2.51. The van der Waals surface area contributed by atoms with E-state index < -0.39 is 34.4 Å². The molecule has 2 amide bonds. The van der Waals surface area contributed by atoms with E-state index in [1.54, 1.807) is 25.1 Å². The number of hydrogen-bond acceptors (Lipinski definition) is 8. The summed E-state index contributed by atoms with van der Waals surface area (Å²) in [5.41, 5.74) is 0.544. The normalized spacial score (nSPS) is 11.9. The van der Waals surface area contributed by atoms with Gasteiger partial charge in [-0.3, -0.25) is 13.9 Å². The van der Waals surface area contributed by atoms with Crippen molar-refractivity contribution in [1.29, 1.82) is 0 Å². The number of carbonyl (C=O) groups is 2. The molecular weight excluding hydrogens is 657 g/mol. The van der Waals surface area contributed by atoms with E-state index in [0.29, 0.717) is 28.6 Å². The van der Waals surface area contributed by atoms with Gasteiger partial charge in [-0.1, -0.05) is 43.1 Å². The molecule has 3 rings (SSSR count). The van der Waals surface area contributed by atoms with Crippen molar-refractivity contribution in [2.24, 2.45) is 5.92 Å². The summed E-state index contributed by atoms with van der Waals surface area (Å²) in [6.45, 7) is 5.02. The van der Waals surface area contributed by atoms with Gasteiger partial charge >= 0.3 is 0 Å². The Kier molecular flexibility index (Phi) is 12.8. The number of hydrogen-bond donors (Lipinski definition) is 1. The van der Waals surface area contributed by atoms with Crippen molar-refractivity contribution in [2.45, 2.75) is 38.3 Å². The number of amides is 2. The molecule has 3 aromatic carbocycles. The first kappa shape index (κ1) is 36.6. The third kappa shape index (κ3) is 8.68. The predicted molar refractivity (Wildman–Crippen MR) is 178 cm³/mol. The van der Waals surface area contributed by atoms with Crippen LogP contribution in [0.25, 0.3) is 0 Å². The largest absolute Gasteiger partial charge is 0.497 e. The van der Waals surface area contributed by atoms with Crippen molar-refractivity contribution >= 4 is 50.7 Å². The quantitative estimate of drug-likeness (QED) is 0.224. The molecular formula is C32H39Cl2N3O8S. The molecule has 3 aromatic rings. The van der Waals surface area contributed by atoms with Crippen molar-refractivity contribution < 1.29 is 37.0 Å². The smallest absolute Gasteiger partial charge is 0.265 e. The minimum absolute atomic E-state index is 0.0337. The van der Waals surface area contributed by atoms with Gasteiger partial charge in [-0.25, -0.2) is 8.42 Å². The zero-order valence-electron chi connectivity index (χ0n) is 26.8. The van der Waals surface area contributed by atoms with E-state index >= 15 is 0 Å². The lowest BCUT2D eigenvalue weighted by molar-refractivity contribution is -0.139. The Labute approximate surface area is 280 Å². The van der Waals surface area contributed by atoms with Crippen molar-refractivity contribution in [3.8, 4) is 23.0 Å². The highest BCUT2D eigenvalue weighted by molar-refractivity contribution is 7.92. The summed E-state index contributed by atoms with van der Waals surface area (Å²) in [5, 5.41) is 3.52. The summed E-state index contributed by atoms with van der Waals surface area (Å²) in [6, 6.07) is 12.4. The van der Waals surface area contributed by atoms with Gasteiger partial charge in [0.1, 0.15) is 24.1 Å². The molecule has 14 heteroatoms. The molecule has 0 aromatic heterocycles. The molecule has 11 nitrogen and oxygen atoms in total. The van der Waals surface area contributed by atoms with E-state index in [-0.39, 0.29) is 39.6 Å². The molecule has 46 heavy (non-hydrogen) atoms. The second kappa shape index (κ2) is 16.1. The number of nitrogens with one attached hydrogen (secondary N) is 1. The van der Waals surface area contributed by atoms with E-state index in [9.17, 15) is 18.0 Å². The minimum atomic E-state index is -4.48. The predicted octanol–water partition coefficient (Wildman–Crippen LogP) is 5.41. The summed E-state index contributed by atoms with van der Waals surface area (Å²) >= 11 is 12.6. The molecule has 0 aliphatic rings. The summed E-state index contributed by atoms with van der Waals surface area (Å²) in [5.74, 6) is 0.0214. The highest BCUT2D eigenvalue weighted by Crippen LogP contribution is 2.38. The SMILES string of the molecule is COc1ccc(OC)c(N(CC(=O)N(Cc2ccc(Cl)cc2Cl)[C@@H](C)C(=O)NCC(C)C)S(=O)(=O)c2ccc(OC)c(OC)c2)c1. The molecule has 0 bridgehead atoms. The second-order valence-electron chi connectivity index (χ2n) is 10.6. The van der Waals surface area contributed by atoms with E-state index in [4.69, 9.17) is 42.1 Å². The Hall–Kier alpha value is -3.87. The first-order valence-corrected chi connectivity index (χ1v) is 16.4. The summed E-state index contributed by atoms with van der Waals surface area (Å²) < 4.78 is 51.2. The maximum atomic E-state index is 14.4. The van der Waals surface area contributed by atoms with E-state index in [2.05, 4.69) is 5.32 Å². The van der Waals surface area contributed by atoms with Crippen molar-refractivity contribution in [3.05, 3.63) is 70.2 Å². The molecule has 1 atom stereocenters. The van der Waals surface area contributed by atoms with Crippen LogP contribution in [-0.4, -0.2) is 72.7 Å². The zero-order chi connectivity index (χ0) is 34.2. The molecule has 250 valence electrons. The van der Waals surface area contributed by atoms with Gasteiger partial charge in [0, 0.05) is 35.3 Å². The lowest BCUT2D eigenvalue weighted by Gasteiger charge is -2.32. The van der Waals surface area contributed by atoms with Gasteiger partial charge in [0.2, 0.25) is 11.8 Å². The first-order chi connectivity index (χ1) is 21.8. The van der Waals surface area contributed by atoms with E-state index in [0.717, 1.165) is 4.31 Å². The Morgan fingerprint density at radius 2 is 1.48 bits per heavy atom. The number of rotatable bonds is 15. The number of halogens is 2. The number of carbonyl (C=O) groups excluding carboxylic acids is 2. The molecule has 0 aliphatic heterocycles. The number of sulfonamides is 1. The number of nitrogens with zero attached hydrogens (tertiary/aromatic N) is 2. The van der Waals surface area contributed by atoms with Crippen LogP contribution in [-0.2, 0) is 26.2 Å². The van der Waals surface area contributed by atoms with Crippen LogP contribution in [0.5, 0.6) is 23.0 Å². The van der Waals surface area contributed by atoms with Crippen LogP contribution in [0.2, 0.25) is 10.0 Å². The van der Waals surface area contributed by atoms with Crippen LogP contribution in [0.4, 0.5) is 5.69 Å². The Morgan fingerprint density at radius 3 is 2.07 bits per heavy atom. The third-order valence-electron chi connectivity index (χ3n) is 7.08. The van der Waals surface area contributed by atoms with Crippen LogP contribution >= 0.6 is 23.2 Å². The van der Waals surface area contributed by atoms with Gasteiger partial charge < -0.3 is 29.2 Å². The summed E-state index contributed by atoms with van der Waals surface area (Å²) in [6.07, 6.45) is 0. The average molecular weight is 697 g/mol. The van der Waals surface area contributed by atoms with Crippen molar-refractivity contribution in [3.63, 3.8) is 0 Å². The highest BCUT2D eigenvalue weighted by Gasteiger charge is 2.35. The molecule has 0 heterocycles. The summed E-state index contributed by atoms with van der Waals surface area (Å²) in [4.78, 5) is 28.7. The molecule has 0 fully saturated rings. The maximum Gasteiger partial charge on any atom is 0.265 e. The van der Waals surface area contributed by atoms with Gasteiger partial charge in [0.05, 0.1) is 39.0 Å². The van der Waals surface area contributed by atoms with Crippen molar-refractivity contribution in [1.82, 2.24) is 10.2 Å². The highest BCUT2D eigenvalue weighted by atomic mass is 35.5. The number of anilines is 1. The minimum Gasteiger partial charge on any atom is -0.497 e. The topological polar surface area (TPSA) is 124 Å². The second-order valence-corrected chi connectivity index (χ2v) is 13.3. The van der Waals surface area contributed by atoms with Crippen LogP contribution in [0.1, 0.15) is 26.3 Å². The fourth-order valence-electron chi connectivity index (χ4n) is 4.48. The third-order valence-corrected chi connectivity index (χ3v) is 9.43. The number of methoxy groups -OCH3 is 4. The Bertz CT molecular complexity index is 1650. The van der Waals surface area contributed by atoms with Crippen LogP contribution in [0.15, 0.2) is 59.5 Å². The Morgan fingerprint density at radius 1 is 0.826 bits per heavy atom. The van der Waals surface area contributed by atoms with Gasteiger partial charge in [0.15, 0.2) is 11.5 Å². The maximum absolute atomic E-state index is 14.4. The van der Waals surface area contributed by atoms with Gasteiger partial charge in [-0.15, -0.1) is 0 Å². The monoisotopic (exact) mass is 695 g/mol. The van der Waals surface area contributed by atoms with E-state index in [1.807, 2.05) is 13.8 Å². The number of ether oxygens (including phenoxy) is 4. The van der Waals surface area contributed by atoms with Crippen molar-refractivity contribution in [2.75, 3.05) is 45.8 Å². The molecule has 0 unspecified atom stereocenters. The lowest BCUT2D eigenvalue weighted by atomic mass is 10.1. The average Bonchev–Trinajstić information content (AvgIpc) is 3.04. The van der Waals surface area contributed by atoms with E-state index in [1.165, 1.54) is 69.7 Å². The van der Waals surface area contributed by atoms with Gasteiger partial charge in [-0.2, -0.15) is 0 Å². The molecule has 0 saturated carbocycles. The van der Waals surface area contributed by atoms with Gasteiger partial charge in [-0.05, 0) is 54.8 Å². The standard InChI is InChI=1S/C32H39Cl2N3O8S/c1-20(2)17-35-32(39)21(3)36(18-22-8-9-23(33)14-26(22)34)31(38)19-37(27-15-24(42-4)10-12-28(27)43-5)46(40,41)25-11-13-29(44-6)30(16-25)45-7/h8-16,20-21H,17-19H2,1-7H3,(H,35,39)/t21-/m0/s1. The fraction of sp³-hybridized carbons (Fsp3) is 0.375. The number of benzene rings is 3. The molecule has 0 aliphatic carbocycles.